The Bertz CT molecular complexity index is 1020. The van der Waals surface area contributed by atoms with E-state index in [4.69, 9.17) is 11.6 Å². The van der Waals surface area contributed by atoms with E-state index >= 15 is 0 Å². The van der Waals surface area contributed by atoms with Crippen LogP contribution in [0.2, 0.25) is 5.02 Å². The van der Waals surface area contributed by atoms with Gasteiger partial charge in [0.15, 0.2) is 0 Å². The summed E-state index contributed by atoms with van der Waals surface area (Å²) in [6.45, 7) is 6.69. The molecule has 30 heavy (non-hydrogen) atoms. The second-order valence-electron chi connectivity index (χ2n) is 8.17. The molecule has 2 aromatic rings. The van der Waals surface area contributed by atoms with Gasteiger partial charge < -0.3 is 5.32 Å². The van der Waals surface area contributed by atoms with Gasteiger partial charge in [0.1, 0.15) is 0 Å². The van der Waals surface area contributed by atoms with Crippen LogP contribution in [0, 0.1) is 19.8 Å². The molecule has 2 atom stereocenters. The van der Waals surface area contributed by atoms with Crippen molar-refractivity contribution in [1.29, 1.82) is 0 Å². The molecule has 162 valence electrons. The normalized spacial score (nSPS) is 18.7. The average Bonchev–Trinajstić information content (AvgIpc) is 2.69. The van der Waals surface area contributed by atoms with Crippen molar-refractivity contribution in [2.75, 3.05) is 13.1 Å². The summed E-state index contributed by atoms with van der Waals surface area (Å²) in [7, 11) is -3.52. The van der Waals surface area contributed by atoms with E-state index in [2.05, 4.69) is 23.5 Å². The van der Waals surface area contributed by atoms with Crippen molar-refractivity contribution in [2.24, 2.45) is 5.92 Å². The summed E-state index contributed by atoms with van der Waals surface area (Å²) < 4.78 is 27.3. The third-order valence-corrected chi connectivity index (χ3v) is 7.70. The zero-order valence-corrected chi connectivity index (χ0v) is 19.3. The van der Waals surface area contributed by atoms with Crippen LogP contribution in [0.5, 0.6) is 0 Å². The van der Waals surface area contributed by atoms with Crippen molar-refractivity contribution in [2.45, 2.75) is 45.4 Å². The van der Waals surface area contributed by atoms with Crippen LogP contribution in [0.4, 0.5) is 0 Å². The summed E-state index contributed by atoms with van der Waals surface area (Å²) in [5.41, 5.74) is 4.01. The molecular formula is C23H29ClN2O3S. The van der Waals surface area contributed by atoms with Crippen molar-refractivity contribution in [1.82, 2.24) is 9.62 Å². The number of carbonyl (C=O) groups excluding carboxylic acids is 1. The number of hydrogen-bond donors (Lipinski definition) is 1. The van der Waals surface area contributed by atoms with E-state index in [1.165, 1.54) is 4.31 Å². The first-order chi connectivity index (χ1) is 14.2. The van der Waals surface area contributed by atoms with E-state index in [9.17, 15) is 13.2 Å². The first-order valence-corrected chi connectivity index (χ1v) is 12.2. The van der Waals surface area contributed by atoms with Crippen LogP contribution in [-0.2, 0) is 20.6 Å². The van der Waals surface area contributed by atoms with Gasteiger partial charge in [-0.3, -0.25) is 4.79 Å². The summed E-state index contributed by atoms with van der Waals surface area (Å²) in [5, 5.41) is 3.60. The van der Waals surface area contributed by atoms with E-state index in [0.29, 0.717) is 30.0 Å². The fourth-order valence-corrected chi connectivity index (χ4v) is 5.78. The summed E-state index contributed by atoms with van der Waals surface area (Å²) in [6, 6.07) is 12.9. The quantitative estimate of drug-likeness (QED) is 0.713. The van der Waals surface area contributed by atoms with Gasteiger partial charge in [-0.1, -0.05) is 47.5 Å². The molecule has 1 aliphatic heterocycles. The number of aryl methyl sites for hydroxylation is 2. The number of carbonyl (C=O) groups is 1. The molecule has 1 aliphatic rings. The lowest BCUT2D eigenvalue weighted by Gasteiger charge is -2.32. The number of benzene rings is 2. The Morgan fingerprint density at radius 3 is 2.73 bits per heavy atom. The molecule has 1 fully saturated rings. The number of halogens is 1. The highest BCUT2D eigenvalue weighted by molar-refractivity contribution is 7.88. The maximum atomic E-state index is 12.9. The Labute approximate surface area is 184 Å². The Kier molecular flexibility index (Phi) is 7.22. The molecule has 3 rings (SSSR count). The van der Waals surface area contributed by atoms with Crippen molar-refractivity contribution in [3.8, 4) is 0 Å². The van der Waals surface area contributed by atoms with Crippen molar-refractivity contribution in [3.05, 3.63) is 69.7 Å². The van der Waals surface area contributed by atoms with E-state index < -0.39 is 10.0 Å². The van der Waals surface area contributed by atoms with Gasteiger partial charge in [0.2, 0.25) is 15.9 Å². The van der Waals surface area contributed by atoms with Gasteiger partial charge in [-0.05, 0) is 62.4 Å². The highest BCUT2D eigenvalue weighted by Gasteiger charge is 2.33. The van der Waals surface area contributed by atoms with Gasteiger partial charge in [0, 0.05) is 18.1 Å². The maximum Gasteiger partial charge on any atom is 0.224 e. The Morgan fingerprint density at radius 2 is 2.00 bits per heavy atom. The lowest BCUT2D eigenvalue weighted by Crippen LogP contribution is -2.46. The second-order valence-corrected chi connectivity index (χ2v) is 10.6. The van der Waals surface area contributed by atoms with Crippen LogP contribution in [0.15, 0.2) is 42.5 Å². The predicted molar refractivity (Wildman–Crippen MR) is 121 cm³/mol. The fraction of sp³-hybridized carbons (Fsp3) is 0.435. The van der Waals surface area contributed by atoms with Crippen LogP contribution in [-0.4, -0.2) is 31.7 Å². The van der Waals surface area contributed by atoms with Crippen LogP contribution in [0.3, 0.4) is 0 Å². The number of nitrogens with zero attached hydrogens (tertiary/aromatic N) is 1. The molecule has 7 heteroatoms. The third kappa shape index (κ3) is 5.62. The minimum atomic E-state index is -3.52. The van der Waals surface area contributed by atoms with Gasteiger partial charge in [-0.2, -0.15) is 0 Å². The topological polar surface area (TPSA) is 66.5 Å². The lowest BCUT2D eigenvalue weighted by molar-refractivity contribution is -0.126. The third-order valence-electron chi connectivity index (χ3n) is 5.65. The van der Waals surface area contributed by atoms with Crippen molar-refractivity contribution < 1.29 is 13.2 Å². The fourth-order valence-electron chi connectivity index (χ4n) is 3.97. The zero-order valence-electron chi connectivity index (χ0n) is 17.7. The SMILES string of the molecule is Cc1ccc(C)c([C@@H](C)NC(=O)[C@@H]2CCCN(S(=O)(=O)Cc3cccc(Cl)c3)C2)c1. The van der Waals surface area contributed by atoms with E-state index in [-0.39, 0.29) is 30.2 Å². The average molecular weight is 449 g/mol. The summed E-state index contributed by atoms with van der Waals surface area (Å²) in [4.78, 5) is 12.9. The standard InChI is InChI=1S/C23H29ClN2O3S/c1-16-9-10-17(2)22(12-16)18(3)25-23(27)20-7-5-11-26(14-20)30(28,29)15-19-6-4-8-21(24)13-19/h4,6,8-10,12-13,18,20H,5,7,11,14-15H2,1-3H3,(H,25,27)/t18-,20-/m1/s1. The number of nitrogens with one attached hydrogen (secondary N) is 1. The molecule has 0 spiro atoms. The molecule has 0 bridgehead atoms. The Balaban J connectivity index is 1.66. The van der Waals surface area contributed by atoms with Gasteiger partial charge in [-0.25, -0.2) is 12.7 Å². The molecule has 0 radical (unpaired) electrons. The molecule has 2 aromatic carbocycles. The highest BCUT2D eigenvalue weighted by atomic mass is 35.5. The molecule has 5 nitrogen and oxygen atoms in total. The van der Waals surface area contributed by atoms with Gasteiger partial charge in [0.05, 0.1) is 17.7 Å². The molecule has 1 N–H and O–H groups in total. The Morgan fingerprint density at radius 1 is 1.23 bits per heavy atom. The summed E-state index contributed by atoms with van der Waals surface area (Å²) in [6.07, 6.45) is 1.36. The predicted octanol–water partition coefficient (Wildman–Crippen LogP) is 4.38. The molecule has 0 aliphatic carbocycles. The molecule has 1 saturated heterocycles. The van der Waals surface area contributed by atoms with E-state index in [0.717, 1.165) is 16.7 Å². The molecule has 0 aromatic heterocycles. The number of sulfonamides is 1. The van der Waals surface area contributed by atoms with Gasteiger partial charge in [0.25, 0.3) is 0 Å². The lowest BCUT2D eigenvalue weighted by atomic mass is 9.96. The molecule has 0 unspecified atom stereocenters. The molecule has 1 heterocycles. The number of rotatable bonds is 6. The minimum absolute atomic E-state index is 0.0916. The first-order valence-electron chi connectivity index (χ1n) is 10.3. The zero-order chi connectivity index (χ0) is 21.9. The van der Waals surface area contributed by atoms with Gasteiger partial charge in [-0.15, -0.1) is 0 Å². The van der Waals surface area contributed by atoms with Crippen LogP contribution in [0.1, 0.15) is 48.1 Å². The largest absolute Gasteiger partial charge is 0.349 e. The number of amides is 1. The smallest absolute Gasteiger partial charge is 0.224 e. The summed E-state index contributed by atoms with van der Waals surface area (Å²) >= 11 is 5.98. The van der Waals surface area contributed by atoms with E-state index in [1.807, 2.05) is 20.8 Å². The maximum absolute atomic E-state index is 12.9. The van der Waals surface area contributed by atoms with Crippen LogP contribution in [0.25, 0.3) is 0 Å². The number of hydrogen-bond acceptors (Lipinski definition) is 3. The second kappa shape index (κ2) is 9.50. The molecule has 1 amide bonds. The molecule has 0 saturated carbocycles. The molecular weight excluding hydrogens is 420 g/mol. The van der Waals surface area contributed by atoms with Crippen LogP contribution < -0.4 is 5.32 Å². The van der Waals surface area contributed by atoms with Crippen molar-refractivity contribution >= 4 is 27.5 Å². The minimum Gasteiger partial charge on any atom is -0.349 e. The monoisotopic (exact) mass is 448 g/mol. The van der Waals surface area contributed by atoms with E-state index in [1.54, 1.807) is 24.3 Å². The van der Waals surface area contributed by atoms with Crippen LogP contribution >= 0.6 is 11.6 Å². The van der Waals surface area contributed by atoms with Gasteiger partial charge >= 0.3 is 0 Å². The first kappa shape index (κ1) is 22.8. The number of piperidine rings is 1. The highest BCUT2D eigenvalue weighted by Crippen LogP contribution is 2.24. The summed E-state index contributed by atoms with van der Waals surface area (Å²) in [5.74, 6) is -0.549. The Hall–Kier alpha value is -1.89. The van der Waals surface area contributed by atoms with Crippen molar-refractivity contribution in [3.63, 3.8) is 0 Å².